The normalized spacial score (nSPS) is 32.1. The molecule has 7 heteroatoms. The molecule has 7 nitrogen and oxygen atoms in total. The Morgan fingerprint density at radius 1 is 1.21 bits per heavy atom. The maximum atomic E-state index is 11.5. The summed E-state index contributed by atoms with van der Waals surface area (Å²) in [6.45, 7) is -0.0366. The molecule has 0 aromatic heterocycles. The Bertz CT molecular complexity index is 398. The fraction of sp³-hybridized carbons (Fsp3) is 0.750. The van der Waals surface area contributed by atoms with E-state index in [1.165, 1.54) is 7.05 Å². The van der Waals surface area contributed by atoms with Gasteiger partial charge >= 0.3 is 12.0 Å². The fourth-order valence-electron chi connectivity index (χ4n) is 3.38. The summed E-state index contributed by atoms with van der Waals surface area (Å²) < 4.78 is 0. The van der Waals surface area contributed by atoms with Gasteiger partial charge in [0.1, 0.15) is 0 Å². The second kappa shape index (κ2) is 5.56. The van der Waals surface area contributed by atoms with Crippen LogP contribution in [-0.2, 0) is 9.59 Å². The average Bonchev–Trinajstić information content (AvgIpc) is 2.95. The van der Waals surface area contributed by atoms with E-state index in [-0.39, 0.29) is 18.5 Å². The first-order valence-electron chi connectivity index (χ1n) is 6.50. The molecule has 4 N–H and O–H groups in total. The first-order chi connectivity index (χ1) is 9.02. The minimum absolute atomic E-state index is 0.0366. The number of carboxylic acid groups (broad SMARTS) is 1. The van der Waals surface area contributed by atoms with E-state index in [2.05, 4.69) is 16.0 Å². The van der Waals surface area contributed by atoms with Gasteiger partial charge in [0.2, 0.25) is 5.91 Å². The number of amides is 3. The Hall–Kier alpha value is -1.63. The third kappa shape index (κ3) is 2.86. The van der Waals surface area contributed by atoms with Crippen molar-refractivity contribution in [3.05, 3.63) is 0 Å². The molecule has 3 amide bonds. The van der Waals surface area contributed by atoms with E-state index in [4.69, 9.17) is 0 Å². The molecule has 2 aliphatic carbocycles. The van der Waals surface area contributed by atoms with E-state index >= 15 is 0 Å². The highest BCUT2D eigenvalue weighted by Gasteiger charge is 2.50. The zero-order valence-electron chi connectivity index (χ0n) is 10.8. The number of aliphatic carboxylic acids is 1. The van der Waals surface area contributed by atoms with Crippen molar-refractivity contribution in [2.75, 3.05) is 13.6 Å². The summed E-state index contributed by atoms with van der Waals surface area (Å²) in [5.74, 6) is -1.10. The number of urea groups is 1. The van der Waals surface area contributed by atoms with Crippen LogP contribution in [-0.4, -0.2) is 42.6 Å². The van der Waals surface area contributed by atoms with Crippen LogP contribution in [0.5, 0.6) is 0 Å². The number of hydrogen-bond donors (Lipinski definition) is 4. The Kier molecular flexibility index (Phi) is 4.04. The molecule has 2 saturated carbocycles. The summed E-state index contributed by atoms with van der Waals surface area (Å²) in [6.07, 6.45) is 2.90. The van der Waals surface area contributed by atoms with E-state index in [0.717, 1.165) is 19.3 Å². The van der Waals surface area contributed by atoms with Crippen LogP contribution < -0.4 is 16.0 Å². The summed E-state index contributed by atoms with van der Waals surface area (Å²) in [6, 6.07) is -0.721. The second-order valence-corrected chi connectivity index (χ2v) is 5.23. The quantitative estimate of drug-likeness (QED) is 0.552. The Labute approximate surface area is 111 Å². The van der Waals surface area contributed by atoms with Crippen molar-refractivity contribution in [2.24, 2.45) is 17.8 Å². The third-order valence-corrected chi connectivity index (χ3v) is 4.18. The van der Waals surface area contributed by atoms with E-state index in [9.17, 15) is 19.5 Å². The van der Waals surface area contributed by atoms with Gasteiger partial charge in [0.25, 0.3) is 0 Å². The number of carbonyl (C=O) groups excluding carboxylic acids is 2. The molecule has 19 heavy (non-hydrogen) atoms. The van der Waals surface area contributed by atoms with Gasteiger partial charge in [-0.1, -0.05) is 0 Å². The van der Waals surface area contributed by atoms with Crippen LogP contribution >= 0.6 is 0 Å². The van der Waals surface area contributed by atoms with E-state index in [1.807, 2.05) is 0 Å². The van der Waals surface area contributed by atoms with Gasteiger partial charge in [-0.05, 0) is 31.1 Å². The number of carboxylic acids is 1. The number of hydrogen-bond acceptors (Lipinski definition) is 4. The topological polar surface area (TPSA) is 108 Å². The molecule has 4 unspecified atom stereocenters. The van der Waals surface area contributed by atoms with Crippen LogP contribution in [0.3, 0.4) is 0 Å². The highest BCUT2D eigenvalue weighted by molar-refractivity contribution is 5.95. The molecule has 2 aliphatic rings. The van der Waals surface area contributed by atoms with E-state index in [1.54, 1.807) is 0 Å². The first-order valence-corrected chi connectivity index (χ1v) is 6.50. The summed E-state index contributed by atoms with van der Waals surface area (Å²) in [7, 11) is 1.42. The molecule has 0 spiro atoms. The zero-order chi connectivity index (χ0) is 14.0. The van der Waals surface area contributed by atoms with Gasteiger partial charge in [-0.3, -0.25) is 14.9 Å². The highest BCUT2D eigenvalue weighted by atomic mass is 16.4. The monoisotopic (exact) mass is 269 g/mol. The van der Waals surface area contributed by atoms with Crippen LogP contribution in [0.2, 0.25) is 0 Å². The molecule has 0 radical (unpaired) electrons. The fourth-order valence-corrected chi connectivity index (χ4v) is 3.38. The molecular formula is C12H19N3O4. The van der Waals surface area contributed by atoms with Gasteiger partial charge in [-0.15, -0.1) is 0 Å². The molecule has 2 rings (SSSR count). The lowest BCUT2D eigenvalue weighted by Crippen LogP contribution is -2.49. The number of imide groups is 1. The predicted octanol–water partition coefficient (Wildman–Crippen LogP) is -0.469. The molecule has 0 aromatic carbocycles. The minimum atomic E-state index is -0.795. The van der Waals surface area contributed by atoms with Crippen LogP contribution in [0.1, 0.15) is 19.3 Å². The van der Waals surface area contributed by atoms with Crippen LogP contribution in [0, 0.1) is 17.8 Å². The summed E-state index contributed by atoms with van der Waals surface area (Å²) >= 11 is 0. The maximum Gasteiger partial charge on any atom is 0.321 e. The van der Waals surface area contributed by atoms with Gasteiger partial charge in [-0.25, -0.2) is 4.79 Å². The van der Waals surface area contributed by atoms with Crippen molar-refractivity contribution >= 4 is 17.9 Å². The summed E-state index contributed by atoms with van der Waals surface area (Å²) in [4.78, 5) is 33.7. The van der Waals surface area contributed by atoms with E-state index in [0.29, 0.717) is 5.92 Å². The highest BCUT2D eigenvalue weighted by Crippen LogP contribution is 2.48. The van der Waals surface area contributed by atoms with Crippen LogP contribution in [0.25, 0.3) is 0 Å². The number of nitrogens with one attached hydrogen (secondary N) is 3. The SMILES string of the molecule is CNC(=O)NC(=O)CNC1C2CCC(C2)C1C(=O)O. The number of carbonyl (C=O) groups is 3. The molecule has 2 bridgehead atoms. The van der Waals surface area contributed by atoms with Crippen molar-refractivity contribution < 1.29 is 19.5 Å². The number of rotatable bonds is 4. The van der Waals surface area contributed by atoms with Gasteiger partial charge in [0, 0.05) is 13.1 Å². The van der Waals surface area contributed by atoms with Crippen LogP contribution in [0.15, 0.2) is 0 Å². The minimum Gasteiger partial charge on any atom is -0.481 e. The van der Waals surface area contributed by atoms with Crippen molar-refractivity contribution in [2.45, 2.75) is 25.3 Å². The van der Waals surface area contributed by atoms with Crippen molar-refractivity contribution in [1.29, 1.82) is 0 Å². The molecule has 2 fully saturated rings. The molecular weight excluding hydrogens is 250 g/mol. The van der Waals surface area contributed by atoms with Crippen LogP contribution in [0.4, 0.5) is 4.79 Å². The van der Waals surface area contributed by atoms with Crippen molar-refractivity contribution in [3.63, 3.8) is 0 Å². The van der Waals surface area contributed by atoms with Gasteiger partial charge in [0.15, 0.2) is 0 Å². The van der Waals surface area contributed by atoms with E-state index < -0.39 is 23.8 Å². The summed E-state index contributed by atoms with van der Waals surface area (Å²) in [5, 5.41) is 16.7. The third-order valence-electron chi connectivity index (χ3n) is 4.18. The predicted molar refractivity (Wildman–Crippen MR) is 66.3 cm³/mol. The molecule has 0 aromatic rings. The molecule has 4 atom stereocenters. The lowest BCUT2D eigenvalue weighted by molar-refractivity contribution is -0.144. The Morgan fingerprint density at radius 3 is 2.53 bits per heavy atom. The molecule has 0 saturated heterocycles. The van der Waals surface area contributed by atoms with Gasteiger partial charge in [-0.2, -0.15) is 0 Å². The van der Waals surface area contributed by atoms with Crippen molar-refractivity contribution in [3.8, 4) is 0 Å². The average molecular weight is 269 g/mol. The summed E-state index contributed by atoms with van der Waals surface area (Å²) in [5.41, 5.74) is 0. The smallest absolute Gasteiger partial charge is 0.321 e. The van der Waals surface area contributed by atoms with Crippen molar-refractivity contribution in [1.82, 2.24) is 16.0 Å². The first kappa shape index (κ1) is 13.8. The lowest BCUT2D eigenvalue weighted by atomic mass is 9.84. The molecule has 0 aliphatic heterocycles. The standard InChI is InChI=1S/C12H19N3O4/c1-13-12(19)15-8(16)5-14-10-7-3-2-6(4-7)9(10)11(17)18/h6-7,9-10,14H,2-5H2,1H3,(H,17,18)(H2,13,15,16,19). The largest absolute Gasteiger partial charge is 0.481 e. The van der Waals surface area contributed by atoms with Gasteiger partial charge < -0.3 is 15.7 Å². The van der Waals surface area contributed by atoms with Gasteiger partial charge in [0.05, 0.1) is 12.5 Å². The second-order valence-electron chi connectivity index (χ2n) is 5.23. The Balaban J connectivity index is 1.86. The number of fused-ring (bicyclic) bond motifs is 2. The maximum absolute atomic E-state index is 11.5. The zero-order valence-corrected chi connectivity index (χ0v) is 10.8. The molecule has 0 heterocycles. The Morgan fingerprint density at radius 2 is 1.89 bits per heavy atom. The lowest BCUT2D eigenvalue weighted by Gasteiger charge is -2.28. The molecule has 106 valence electrons.